The normalized spacial score (nSPS) is 12.9. The smallest absolute Gasteiger partial charge is 0.00201 e. The van der Waals surface area contributed by atoms with E-state index in [1.807, 2.05) is 0 Å². The Hall–Kier alpha value is -5.98. The molecule has 0 nitrogen and oxygen atoms in total. The fraction of sp³-hybridized carbons (Fsp3) is 0.0417. The molecule has 9 rings (SSSR count). The molecule has 48 heavy (non-hydrogen) atoms. The molecule has 0 saturated heterocycles. The molecule has 0 heteroatoms. The van der Waals surface area contributed by atoms with Gasteiger partial charge in [-0.3, -0.25) is 0 Å². The molecule has 226 valence electrons. The zero-order chi connectivity index (χ0) is 31.9. The summed E-state index contributed by atoms with van der Waals surface area (Å²) in [6.07, 6.45) is 9.13. The van der Waals surface area contributed by atoms with Crippen LogP contribution in [0.3, 0.4) is 0 Å². The van der Waals surface area contributed by atoms with E-state index in [-0.39, 0.29) is 0 Å². The van der Waals surface area contributed by atoms with Crippen LogP contribution in [0.25, 0.3) is 82.4 Å². The molecule has 0 unspecified atom stereocenters. The van der Waals surface area contributed by atoms with Crippen molar-refractivity contribution in [3.8, 4) is 44.5 Å². The summed E-state index contributed by atoms with van der Waals surface area (Å²) in [6.45, 7) is 0. The third-order valence-corrected chi connectivity index (χ3v) is 9.88. The average Bonchev–Trinajstić information content (AvgIpc) is 3.17. The fourth-order valence-electron chi connectivity index (χ4n) is 7.70. The van der Waals surface area contributed by atoms with Gasteiger partial charge in [0.1, 0.15) is 0 Å². The van der Waals surface area contributed by atoms with Crippen molar-refractivity contribution in [2.45, 2.75) is 12.8 Å². The van der Waals surface area contributed by atoms with Crippen molar-refractivity contribution in [2.24, 2.45) is 0 Å². The van der Waals surface area contributed by atoms with E-state index in [4.69, 9.17) is 0 Å². The maximum Gasteiger partial charge on any atom is -0.00201 e. The lowest BCUT2D eigenvalue weighted by molar-refractivity contribution is 1.04. The Kier molecular flexibility index (Phi) is 7.06. The molecule has 0 amide bonds. The van der Waals surface area contributed by atoms with E-state index >= 15 is 0 Å². The van der Waals surface area contributed by atoms with Crippen LogP contribution in [0.5, 0.6) is 0 Å². The molecule has 1 aliphatic carbocycles. The SMILES string of the molecule is C1=CC(c2cccc(-c3ccccc3-c3c4ccccc4c(-c4cccc(-c5cccc6ccccc56)c4)c4ccccc34)c2)=CCC1. The van der Waals surface area contributed by atoms with Crippen LogP contribution in [-0.2, 0) is 0 Å². The van der Waals surface area contributed by atoms with Gasteiger partial charge in [-0.15, -0.1) is 0 Å². The van der Waals surface area contributed by atoms with Crippen molar-refractivity contribution >= 4 is 37.9 Å². The first kappa shape index (κ1) is 28.3. The molecule has 0 aliphatic heterocycles. The van der Waals surface area contributed by atoms with Gasteiger partial charge >= 0.3 is 0 Å². The van der Waals surface area contributed by atoms with Crippen LogP contribution in [0.4, 0.5) is 0 Å². The van der Waals surface area contributed by atoms with Crippen LogP contribution in [0, 0.1) is 0 Å². The van der Waals surface area contributed by atoms with Gasteiger partial charge in [0.05, 0.1) is 0 Å². The van der Waals surface area contributed by atoms with Crippen LogP contribution in [0.2, 0.25) is 0 Å². The highest BCUT2D eigenvalue weighted by Crippen LogP contribution is 2.46. The topological polar surface area (TPSA) is 0 Å². The molecule has 0 heterocycles. The number of rotatable bonds is 5. The minimum Gasteiger partial charge on any atom is -0.0836 e. The van der Waals surface area contributed by atoms with Gasteiger partial charge < -0.3 is 0 Å². The summed E-state index contributed by atoms with van der Waals surface area (Å²) in [5.74, 6) is 0. The van der Waals surface area contributed by atoms with Crippen molar-refractivity contribution in [1.82, 2.24) is 0 Å². The zero-order valence-corrected chi connectivity index (χ0v) is 26.7. The van der Waals surface area contributed by atoms with Crippen molar-refractivity contribution in [3.63, 3.8) is 0 Å². The number of hydrogen-bond acceptors (Lipinski definition) is 0. The Morgan fingerprint density at radius 3 is 1.54 bits per heavy atom. The van der Waals surface area contributed by atoms with Crippen LogP contribution in [0.1, 0.15) is 18.4 Å². The molecule has 0 saturated carbocycles. The molecule has 1 aliphatic rings. The molecule has 0 spiro atoms. The second kappa shape index (κ2) is 12.0. The summed E-state index contributed by atoms with van der Waals surface area (Å²) >= 11 is 0. The van der Waals surface area contributed by atoms with Crippen molar-refractivity contribution in [1.29, 1.82) is 0 Å². The average molecular weight is 611 g/mol. The lowest BCUT2D eigenvalue weighted by atomic mass is 9.83. The second-order valence-corrected chi connectivity index (χ2v) is 12.7. The van der Waals surface area contributed by atoms with E-state index in [0.29, 0.717) is 0 Å². The molecular formula is C48H34. The summed E-state index contributed by atoms with van der Waals surface area (Å²) in [7, 11) is 0. The zero-order valence-electron chi connectivity index (χ0n) is 26.7. The summed E-state index contributed by atoms with van der Waals surface area (Å²) in [5.41, 5.74) is 12.6. The van der Waals surface area contributed by atoms with E-state index in [9.17, 15) is 0 Å². The predicted octanol–water partition coefficient (Wildman–Crippen LogP) is 13.5. The maximum atomic E-state index is 2.38. The van der Waals surface area contributed by atoms with Gasteiger partial charge in [0.25, 0.3) is 0 Å². The molecular weight excluding hydrogens is 577 g/mol. The number of hydrogen-bond donors (Lipinski definition) is 0. The Bertz CT molecular complexity index is 2500. The molecule has 8 aromatic rings. The Balaban J connectivity index is 1.27. The van der Waals surface area contributed by atoms with Crippen LogP contribution in [-0.4, -0.2) is 0 Å². The monoisotopic (exact) mass is 610 g/mol. The summed E-state index contributed by atoms with van der Waals surface area (Å²) in [5, 5.41) is 7.60. The highest BCUT2D eigenvalue weighted by molar-refractivity contribution is 6.22. The minimum absolute atomic E-state index is 1.10. The van der Waals surface area contributed by atoms with Gasteiger partial charge in [0, 0.05) is 0 Å². The highest BCUT2D eigenvalue weighted by atomic mass is 14.2. The van der Waals surface area contributed by atoms with Gasteiger partial charge in [-0.2, -0.15) is 0 Å². The fourth-order valence-corrected chi connectivity index (χ4v) is 7.70. The van der Waals surface area contributed by atoms with E-state index < -0.39 is 0 Å². The Morgan fingerprint density at radius 2 is 0.833 bits per heavy atom. The molecule has 0 N–H and O–H groups in total. The third kappa shape index (κ3) is 4.86. The van der Waals surface area contributed by atoms with Crippen molar-refractivity contribution < 1.29 is 0 Å². The van der Waals surface area contributed by atoms with Crippen LogP contribution in [0.15, 0.2) is 182 Å². The standard InChI is InChI=1S/C48H34/c1-2-15-33(16-3-1)35-19-12-20-36(31-35)41-24-6-7-25-42(41)48-45-28-10-8-26-43(45)47(44-27-9-11-29-46(44)48)38-22-13-21-37(32-38)40-30-14-18-34-17-4-5-23-39(34)40/h2,4-32H,1,3H2. The van der Waals surface area contributed by atoms with Gasteiger partial charge in [0.15, 0.2) is 0 Å². The lowest BCUT2D eigenvalue weighted by Crippen LogP contribution is -1.93. The summed E-state index contributed by atoms with van der Waals surface area (Å²) in [4.78, 5) is 0. The minimum atomic E-state index is 1.10. The quantitative estimate of drug-likeness (QED) is 0.170. The second-order valence-electron chi connectivity index (χ2n) is 12.7. The molecule has 0 atom stereocenters. The molecule has 0 radical (unpaired) electrons. The van der Waals surface area contributed by atoms with Gasteiger partial charge in [0.2, 0.25) is 0 Å². The predicted molar refractivity (Wildman–Crippen MR) is 207 cm³/mol. The van der Waals surface area contributed by atoms with Gasteiger partial charge in [-0.05, 0) is 113 Å². The van der Waals surface area contributed by atoms with E-state index in [1.54, 1.807) is 0 Å². The van der Waals surface area contributed by atoms with Gasteiger partial charge in [-0.25, -0.2) is 0 Å². The van der Waals surface area contributed by atoms with Crippen LogP contribution < -0.4 is 0 Å². The molecule has 0 fully saturated rings. The number of benzene rings is 8. The number of allylic oxidation sites excluding steroid dienone is 4. The van der Waals surface area contributed by atoms with Crippen molar-refractivity contribution in [2.75, 3.05) is 0 Å². The largest absolute Gasteiger partial charge is 0.0836 e. The van der Waals surface area contributed by atoms with E-state index in [1.165, 1.54) is 88.0 Å². The first-order valence-corrected chi connectivity index (χ1v) is 16.9. The Labute approximate surface area is 282 Å². The van der Waals surface area contributed by atoms with Crippen LogP contribution >= 0.6 is 0 Å². The molecule has 8 aromatic carbocycles. The lowest BCUT2D eigenvalue weighted by Gasteiger charge is -2.20. The van der Waals surface area contributed by atoms with E-state index in [0.717, 1.165) is 12.8 Å². The molecule has 0 aromatic heterocycles. The first-order chi connectivity index (χ1) is 23.8. The van der Waals surface area contributed by atoms with Gasteiger partial charge in [-0.1, -0.05) is 170 Å². The summed E-state index contributed by atoms with van der Waals surface area (Å²) < 4.78 is 0. The van der Waals surface area contributed by atoms with E-state index in [2.05, 4.69) is 182 Å². The first-order valence-electron chi connectivity index (χ1n) is 16.9. The maximum absolute atomic E-state index is 2.38. The Morgan fingerprint density at radius 1 is 0.333 bits per heavy atom. The number of fused-ring (bicyclic) bond motifs is 3. The summed E-state index contributed by atoms with van der Waals surface area (Å²) in [6, 6.07) is 60.3. The highest BCUT2D eigenvalue weighted by Gasteiger charge is 2.19. The third-order valence-electron chi connectivity index (χ3n) is 9.88. The van der Waals surface area contributed by atoms with Crippen molar-refractivity contribution in [3.05, 3.63) is 188 Å². The molecule has 0 bridgehead atoms.